The normalized spacial score (nSPS) is 18.4. The van der Waals surface area contributed by atoms with Gasteiger partial charge in [0.15, 0.2) is 0 Å². The van der Waals surface area contributed by atoms with Crippen LogP contribution in [0.15, 0.2) is 48.5 Å². The highest BCUT2D eigenvalue weighted by Gasteiger charge is 2.21. The minimum Gasteiger partial charge on any atom is -0.497 e. The van der Waals surface area contributed by atoms with Crippen molar-refractivity contribution in [2.24, 2.45) is 0 Å². The number of morpholine rings is 1. The molecular formula is C21H28N2O3. The summed E-state index contributed by atoms with van der Waals surface area (Å²) < 4.78 is 16.6. The van der Waals surface area contributed by atoms with Gasteiger partial charge in [0.05, 0.1) is 26.9 Å². The molecule has 140 valence electrons. The van der Waals surface area contributed by atoms with E-state index in [1.807, 2.05) is 24.3 Å². The first kappa shape index (κ1) is 18.5. The Kier molecular flexibility index (Phi) is 6.36. The summed E-state index contributed by atoms with van der Waals surface area (Å²) in [5.74, 6) is 1.77. The molecule has 1 saturated heterocycles. The number of hydrogen-bond donors (Lipinski definition) is 1. The number of rotatable bonds is 7. The molecule has 3 rings (SSSR count). The Labute approximate surface area is 155 Å². The summed E-state index contributed by atoms with van der Waals surface area (Å²) >= 11 is 0. The first-order valence-electron chi connectivity index (χ1n) is 9.07. The molecule has 0 aliphatic carbocycles. The van der Waals surface area contributed by atoms with E-state index in [1.54, 1.807) is 14.2 Å². The number of nitrogens with one attached hydrogen (secondary N) is 1. The van der Waals surface area contributed by atoms with Crippen molar-refractivity contribution < 1.29 is 14.2 Å². The number of anilines is 1. The summed E-state index contributed by atoms with van der Waals surface area (Å²) in [6, 6.07) is 16.6. The van der Waals surface area contributed by atoms with Crippen molar-refractivity contribution in [1.29, 1.82) is 0 Å². The third kappa shape index (κ3) is 4.68. The molecule has 1 unspecified atom stereocenters. The van der Waals surface area contributed by atoms with Crippen molar-refractivity contribution in [2.45, 2.75) is 19.1 Å². The van der Waals surface area contributed by atoms with Crippen LogP contribution >= 0.6 is 0 Å². The van der Waals surface area contributed by atoms with Crippen LogP contribution in [0.25, 0.3) is 0 Å². The first-order chi connectivity index (χ1) is 12.7. The second-order valence-corrected chi connectivity index (χ2v) is 6.55. The van der Waals surface area contributed by atoms with Crippen LogP contribution in [0.2, 0.25) is 0 Å². The van der Waals surface area contributed by atoms with Crippen LogP contribution in [-0.2, 0) is 4.74 Å². The molecule has 1 aliphatic rings. The molecule has 26 heavy (non-hydrogen) atoms. The van der Waals surface area contributed by atoms with Gasteiger partial charge < -0.3 is 24.4 Å². The average Bonchev–Trinajstić information content (AvgIpc) is 2.72. The number of hydrogen-bond acceptors (Lipinski definition) is 5. The highest BCUT2D eigenvalue weighted by Crippen LogP contribution is 2.23. The van der Waals surface area contributed by atoms with Gasteiger partial charge in [0.1, 0.15) is 11.5 Å². The molecule has 2 aromatic carbocycles. The van der Waals surface area contributed by atoms with Gasteiger partial charge in [0, 0.05) is 37.4 Å². The molecule has 0 saturated carbocycles. The third-order valence-corrected chi connectivity index (χ3v) is 4.80. The van der Waals surface area contributed by atoms with E-state index in [9.17, 15) is 0 Å². The second-order valence-electron chi connectivity index (χ2n) is 6.55. The van der Waals surface area contributed by atoms with Crippen molar-refractivity contribution in [3.8, 4) is 11.5 Å². The molecule has 5 heteroatoms. The third-order valence-electron chi connectivity index (χ3n) is 4.80. The van der Waals surface area contributed by atoms with Gasteiger partial charge in [-0.25, -0.2) is 0 Å². The maximum Gasteiger partial charge on any atom is 0.120 e. The van der Waals surface area contributed by atoms with E-state index in [4.69, 9.17) is 14.2 Å². The molecule has 0 amide bonds. The average molecular weight is 356 g/mol. The Morgan fingerprint density at radius 2 is 1.85 bits per heavy atom. The molecule has 1 N–H and O–H groups in total. The van der Waals surface area contributed by atoms with Crippen molar-refractivity contribution in [2.75, 3.05) is 45.4 Å². The van der Waals surface area contributed by atoms with E-state index in [0.717, 1.165) is 37.7 Å². The zero-order chi connectivity index (χ0) is 18.4. The highest BCUT2D eigenvalue weighted by molar-refractivity contribution is 5.51. The molecule has 5 nitrogen and oxygen atoms in total. The van der Waals surface area contributed by atoms with Crippen LogP contribution in [-0.4, -0.2) is 46.6 Å². The fourth-order valence-corrected chi connectivity index (χ4v) is 3.22. The number of benzene rings is 2. The first-order valence-corrected chi connectivity index (χ1v) is 9.07. The second kappa shape index (κ2) is 8.92. The molecular weight excluding hydrogens is 328 g/mol. The molecule has 1 fully saturated rings. The van der Waals surface area contributed by atoms with Gasteiger partial charge in [-0.3, -0.25) is 0 Å². The molecule has 2 aromatic rings. The molecule has 0 bridgehead atoms. The molecule has 0 radical (unpaired) electrons. The quantitative estimate of drug-likeness (QED) is 0.825. The fraction of sp³-hybridized carbons (Fsp3) is 0.429. The van der Waals surface area contributed by atoms with Gasteiger partial charge >= 0.3 is 0 Å². The van der Waals surface area contributed by atoms with Crippen LogP contribution in [0.3, 0.4) is 0 Å². The summed E-state index contributed by atoms with van der Waals surface area (Å²) in [4.78, 5) is 2.36. The fourth-order valence-electron chi connectivity index (χ4n) is 3.22. The Morgan fingerprint density at radius 1 is 1.12 bits per heavy atom. The van der Waals surface area contributed by atoms with Crippen molar-refractivity contribution >= 4 is 5.69 Å². The van der Waals surface area contributed by atoms with Gasteiger partial charge in [-0.1, -0.05) is 18.2 Å². The summed E-state index contributed by atoms with van der Waals surface area (Å²) in [7, 11) is 3.39. The maximum absolute atomic E-state index is 5.96. The minimum atomic E-state index is 0.156. The van der Waals surface area contributed by atoms with Crippen molar-refractivity contribution in [1.82, 2.24) is 5.32 Å². The van der Waals surface area contributed by atoms with Gasteiger partial charge in [-0.15, -0.1) is 0 Å². The zero-order valence-electron chi connectivity index (χ0n) is 15.8. The number of methoxy groups -OCH3 is 2. The largest absolute Gasteiger partial charge is 0.497 e. The minimum absolute atomic E-state index is 0.156. The van der Waals surface area contributed by atoms with E-state index >= 15 is 0 Å². The van der Waals surface area contributed by atoms with Crippen LogP contribution in [0, 0.1) is 0 Å². The summed E-state index contributed by atoms with van der Waals surface area (Å²) in [6.07, 6.45) is 0.156. The van der Waals surface area contributed by atoms with Gasteiger partial charge in [-0.05, 0) is 36.8 Å². The van der Waals surface area contributed by atoms with Crippen LogP contribution in [0.5, 0.6) is 11.5 Å². The number of ether oxygens (including phenoxy) is 3. The Hall–Kier alpha value is -2.24. The molecule has 1 aliphatic heterocycles. The Morgan fingerprint density at radius 3 is 2.62 bits per heavy atom. The maximum atomic E-state index is 5.96. The van der Waals surface area contributed by atoms with E-state index in [0.29, 0.717) is 0 Å². The van der Waals surface area contributed by atoms with E-state index in [1.165, 1.54) is 11.3 Å². The van der Waals surface area contributed by atoms with Crippen molar-refractivity contribution in [3.05, 3.63) is 54.1 Å². The summed E-state index contributed by atoms with van der Waals surface area (Å²) in [5, 5.41) is 3.58. The lowest BCUT2D eigenvalue weighted by atomic mass is 10.1. The summed E-state index contributed by atoms with van der Waals surface area (Å²) in [6.45, 7) is 5.47. The zero-order valence-corrected chi connectivity index (χ0v) is 15.8. The van der Waals surface area contributed by atoms with E-state index in [-0.39, 0.29) is 12.1 Å². The Balaban J connectivity index is 1.56. The number of nitrogens with zero attached hydrogens (tertiary/aromatic N) is 1. The predicted octanol–water partition coefficient (Wildman–Crippen LogP) is 3.26. The molecule has 0 aromatic heterocycles. The molecule has 2 atom stereocenters. The lowest BCUT2D eigenvalue weighted by Crippen LogP contribution is -2.47. The van der Waals surface area contributed by atoms with Gasteiger partial charge in [-0.2, -0.15) is 0 Å². The monoisotopic (exact) mass is 356 g/mol. The topological polar surface area (TPSA) is 43.0 Å². The predicted molar refractivity (Wildman–Crippen MR) is 104 cm³/mol. The van der Waals surface area contributed by atoms with Crippen LogP contribution < -0.4 is 19.7 Å². The standard InChI is InChI=1S/C21H28N2O3/c1-16(17-6-4-8-19(12-17)24-2)22-14-21-15-23(10-11-26-21)18-7-5-9-20(13-18)25-3/h4-9,12-13,16,21-22H,10-11,14-15H2,1-3H3/t16-,21?/m1/s1. The highest BCUT2D eigenvalue weighted by atomic mass is 16.5. The van der Waals surface area contributed by atoms with Crippen LogP contribution in [0.4, 0.5) is 5.69 Å². The van der Waals surface area contributed by atoms with Gasteiger partial charge in [0.2, 0.25) is 0 Å². The van der Waals surface area contributed by atoms with Crippen molar-refractivity contribution in [3.63, 3.8) is 0 Å². The van der Waals surface area contributed by atoms with E-state index in [2.05, 4.69) is 41.4 Å². The molecule has 0 spiro atoms. The SMILES string of the molecule is COc1cccc([C@@H](C)NCC2CN(c3cccc(OC)c3)CCO2)c1. The van der Waals surface area contributed by atoms with Gasteiger partial charge in [0.25, 0.3) is 0 Å². The summed E-state index contributed by atoms with van der Waals surface area (Å²) in [5.41, 5.74) is 2.39. The lowest BCUT2D eigenvalue weighted by Gasteiger charge is -2.35. The molecule has 1 heterocycles. The lowest BCUT2D eigenvalue weighted by molar-refractivity contribution is 0.0394. The van der Waals surface area contributed by atoms with E-state index < -0.39 is 0 Å². The smallest absolute Gasteiger partial charge is 0.120 e. The van der Waals surface area contributed by atoms with Crippen LogP contribution in [0.1, 0.15) is 18.5 Å². The Bertz CT molecular complexity index is 707.